The van der Waals surface area contributed by atoms with Gasteiger partial charge in [-0.1, -0.05) is 43.6 Å². The summed E-state index contributed by atoms with van der Waals surface area (Å²) < 4.78 is 0. The Kier molecular flexibility index (Phi) is 7.68. The highest BCUT2D eigenvalue weighted by Crippen LogP contribution is 2.33. The molecular formula is C17H30N2O2. The van der Waals surface area contributed by atoms with Crippen molar-refractivity contribution < 1.29 is 9.90 Å². The molecular weight excluding hydrogens is 264 g/mol. The largest absolute Gasteiger partial charge is 0.376 e. The van der Waals surface area contributed by atoms with Gasteiger partial charge >= 0.3 is 0 Å². The van der Waals surface area contributed by atoms with Gasteiger partial charge < -0.3 is 15.7 Å². The van der Waals surface area contributed by atoms with E-state index in [2.05, 4.69) is 32.9 Å². The van der Waals surface area contributed by atoms with Crippen LogP contribution in [-0.4, -0.2) is 35.7 Å². The molecule has 120 valence electrons. The van der Waals surface area contributed by atoms with E-state index in [0.29, 0.717) is 25.4 Å². The average Bonchev–Trinajstić information content (AvgIpc) is 2.46. The van der Waals surface area contributed by atoms with Crippen molar-refractivity contribution in [2.45, 2.75) is 46.5 Å². The Morgan fingerprint density at radius 1 is 1.57 bits per heavy atom. The number of allylic oxidation sites excluding steroid dienone is 3. The molecule has 0 aromatic carbocycles. The predicted octanol–water partition coefficient (Wildman–Crippen LogP) is 2.44. The van der Waals surface area contributed by atoms with Gasteiger partial charge in [-0.15, -0.1) is 0 Å². The van der Waals surface area contributed by atoms with Gasteiger partial charge in [0, 0.05) is 6.54 Å². The summed E-state index contributed by atoms with van der Waals surface area (Å²) in [7, 11) is 0. The minimum absolute atomic E-state index is 0.0212. The summed E-state index contributed by atoms with van der Waals surface area (Å²) in [6.07, 6.45) is 7.79. The first-order chi connectivity index (χ1) is 10.1. The van der Waals surface area contributed by atoms with E-state index in [1.807, 2.05) is 0 Å². The molecule has 0 bridgehead atoms. The summed E-state index contributed by atoms with van der Waals surface area (Å²) in [5, 5.41) is 9.51. The minimum atomic E-state index is -0.212. The van der Waals surface area contributed by atoms with Gasteiger partial charge in [0.1, 0.15) is 6.73 Å². The molecule has 1 rings (SSSR count). The van der Waals surface area contributed by atoms with E-state index in [9.17, 15) is 9.90 Å². The van der Waals surface area contributed by atoms with E-state index in [1.54, 1.807) is 4.90 Å². The van der Waals surface area contributed by atoms with E-state index < -0.39 is 0 Å². The number of carbonyl (C=O) groups is 1. The molecule has 0 aromatic heterocycles. The van der Waals surface area contributed by atoms with Crippen LogP contribution in [0.2, 0.25) is 0 Å². The molecule has 4 heteroatoms. The standard InChI is InChI=1S/C17H30N2O2/c1-4-5-11-19(12-20)17(21)15(9-10-18)16-13(2)7-6-8-14(16)3/h6-7,14-15,20H,4-5,8-12,18H2,1-3H3. The summed E-state index contributed by atoms with van der Waals surface area (Å²) in [5.74, 6) is 0.189. The first kappa shape index (κ1) is 17.9. The van der Waals surface area contributed by atoms with Crippen molar-refractivity contribution in [2.24, 2.45) is 17.6 Å². The van der Waals surface area contributed by atoms with Gasteiger partial charge in [0.15, 0.2) is 0 Å². The maximum atomic E-state index is 12.8. The summed E-state index contributed by atoms with van der Waals surface area (Å²) >= 11 is 0. The zero-order valence-corrected chi connectivity index (χ0v) is 13.6. The number of nitrogens with two attached hydrogens (primary N) is 1. The molecule has 0 aliphatic heterocycles. The van der Waals surface area contributed by atoms with Crippen molar-refractivity contribution in [1.29, 1.82) is 0 Å². The van der Waals surface area contributed by atoms with Crippen LogP contribution in [-0.2, 0) is 4.79 Å². The van der Waals surface area contributed by atoms with Crippen molar-refractivity contribution in [3.8, 4) is 0 Å². The first-order valence-electron chi connectivity index (χ1n) is 8.03. The second kappa shape index (κ2) is 9.00. The molecule has 0 saturated carbocycles. The average molecular weight is 294 g/mol. The van der Waals surface area contributed by atoms with Crippen molar-refractivity contribution in [3.05, 3.63) is 23.3 Å². The molecule has 1 aliphatic rings. The van der Waals surface area contributed by atoms with E-state index in [1.165, 1.54) is 11.1 Å². The molecule has 0 heterocycles. The minimum Gasteiger partial charge on any atom is -0.376 e. The molecule has 0 spiro atoms. The Bertz CT molecular complexity index is 402. The Hall–Kier alpha value is -1.13. The number of aliphatic hydroxyl groups is 1. The lowest BCUT2D eigenvalue weighted by Crippen LogP contribution is -2.40. The second-order valence-corrected chi connectivity index (χ2v) is 5.90. The van der Waals surface area contributed by atoms with E-state index in [-0.39, 0.29) is 18.6 Å². The van der Waals surface area contributed by atoms with Crippen LogP contribution in [0.1, 0.15) is 46.5 Å². The smallest absolute Gasteiger partial charge is 0.231 e. The summed E-state index contributed by atoms with van der Waals surface area (Å²) in [4.78, 5) is 14.4. The SMILES string of the molecule is CCCCN(CO)C(=O)C(CCN)C1=C(C)C=CCC1C. The number of unbranched alkanes of at least 4 members (excludes halogenated alkanes) is 1. The molecule has 21 heavy (non-hydrogen) atoms. The fourth-order valence-electron chi connectivity index (χ4n) is 3.08. The topological polar surface area (TPSA) is 66.6 Å². The Balaban J connectivity index is 2.99. The van der Waals surface area contributed by atoms with Crippen LogP contribution in [0.3, 0.4) is 0 Å². The maximum Gasteiger partial charge on any atom is 0.231 e. The summed E-state index contributed by atoms with van der Waals surface area (Å²) in [6.45, 7) is 7.19. The van der Waals surface area contributed by atoms with Crippen molar-refractivity contribution in [2.75, 3.05) is 19.8 Å². The molecule has 0 aromatic rings. The molecule has 0 saturated heterocycles. The number of hydrogen-bond acceptors (Lipinski definition) is 3. The van der Waals surface area contributed by atoms with Crippen LogP contribution in [0.4, 0.5) is 0 Å². The van der Waals surface area contributed by atoms with Crippen LogP contribution < -0.4 is 5.73 Å². The molecule has 0 fully saturated rings. The van der Waals surface area contributed by atoms with Crippen molar-refractivity contribution >= 4 is 5.91 Å². The van der Waals surface area contributed by atoms with E-state index in [4.69, 9.17) is 5.73 Å². The lowest BCUT2D eigenvalue weighted by atomic mass is 9.78. The van der Waals surface area contributed by atoms with E-state index >= 15 is 0 Å². The number of hydrogen-bond donors (Lipinski definition) is 2. The van der Waals surface area contributed by atoms with Crippen LogP contribution in [0.25, 0.3) is 0 Å². The predicted molar refractivity (Wildman–Crippen MR) is 86.5 cm³/mol. The second-order valence-electron chi connectivity index (χ2n) is 5.90. The number of nitrogens with zero attached hydrogens (tertiary/aromatic N) is 1. The zero-order chi connectivity index (χ0) is 15.8. The number of rotatable bonds is 8. The van der Waals surface area contributed by atoms with Gasteiger partial charge in [0.05, 0.1) is 5.92 Å². The third-order valence-corrected chi connectivity index (χ3v) is 4.24. The van der Waals surface area contributed by atoms with Gasteiger partial charge in [-0.25, -0.2) is 0 Å². The fraction of sp³-hybridized carbons (Fsp3) is 0.706. The van der Waals surface area contributed by atoms with Crippen molar-refractivity contribution in [1.82, 2.24) is 4.90 Å². The Labute approximate surface area is 128 Å². The zero-order valence-electron chi connectivity index (χ0n) is 13.6. The first-order valence-corrected chi connectivity index (χ1v) is 8.03. The quantitative estimate of drug-likeness (QED) is 0.676. The molecule has 4 nitrogen and oxygen atoms in total. The maximum absolute atomic E-state index is 12.8. The van der Waals surface area contributed by atoms with Gasteiger partial charge in [-0.2, -0.15) is 0 Å². The van der Waals surface area contributed by atoms with Gasteiger partial charge in [-0.05, 0) is 38.6 Å². The third-order valence-electron chi connectivity index (χ3n) is 4.24. The van der Waals surface area contributed by atoms with Crippen molar-refractivity contribution in [3.63, 3.8) is 0 Å². The monoisotopic (exact) mass is 294 g/mol. The highest BCUT2D eigenvalue weighted by molar-refractivity contribution is 5.82. The number of aliphatic hydroxyl groups excluding tert-OH is 1. The normalized spacial score (nSPS) is 19.8. The molecule has 0 radical (unpaired) electrons. The number of carbonyl (C=O) groups excluding carboxylic acids is 1. The van der Waals surface area contributed by atoms with Crippen LogP contribution in [0, 0.1) is 11.8 Å². The van der Waals surface area contributed by atoms with Crippen LogP contribution in [0.15, 0.2) is 23.3 Å². The van der Waals surface area contributed by atoms with Crippen LogP contribution in [0.5, 0.6) is 0 Å². The molecule has 2 unspecified atom stereocenters. The summed E-state index contributed by atoms with van der Waals surface area (Å²) in [6, 6.07) is 0. The summed E-state index contributed by atoms with van der Waals surface area (Å²) in [5.41, 5.74) is 8.10. The van der Waals surface area contributed by atoms with Gasteiger partial charge in [0.2, 0.25) is 5.91 Å². The van der Waals surface area contributed by atoms with Crippen LogP contribution >= 0.6 is 0 Å². The Morgan fingerprint density at radius 3 is 2.81 bits per heavy atom. The molecule has 1 aliphatic carbocycles. The number of amides is 1. The fourth-order valence-corrected chi connectivity index (χ4v) is 3.08. The highest BCUT2D eigenvalue weighted by Gasteiger charge is 2.30. The highest BCUT2D eigenvalue weighted by atomic mass is 16.3. The molecule has 1 amide bonds. The molecule has 3 N–H and O–H groups in total. The lowest BCUT2D eigenvalue weighted by Gasteiger charge is -2.31. The lowest BCUT2D eigenvalue weighted by molar-refractivity contribution is -0.138. The van der Waals surface area contributed by atoms with E-state index in [0.717, 1.165) is 19.3 Å². The van der Waals surface area contributed by atoms with Gasteiger partial charge in [-0.3, -0.25) is 4.79 Å². The molecule has 2 atom stereocenters. The van der Waals surface area contributed by atoms with Gasteiger partial charge in [0.25, 0.3) is 0 Å². The Morgan fingerprint density at radius 2 is 2.29 bits per heavy atom. The third kappa shape index (κ3) is 4.68.